The van der Waals surface area contributed by atoms with Crippen LogP contribution in [-0.2, 0) is 4.79 Å². The molecule has 1 rings (SSSR count). The Morgan fingerprint density at radius 2 is 2.04 bits per heavy atom. The van der Waals surface area contributed by atoms with E-state index in [9.17, 15) is 22.8 Å². The smallest absolute Gasteiger partial charge is 0.422 e. The maximum Gasteiger partial charge on any atom is 0.422 e. The zero-order valence-electron chi connectivity index (χ0n) is 12.7. The summed E-state index contributed by atoms with van der Waals surface area (Å²) in [4.78, 5) is 27.2. The van der Waals surface area contributed by atoms with Gasteiger partial charge >= 0.3 is 6.18 Å². The van der Waals surface area contributed by atoms with Crippen LogP contribution in [0.1, 0.15) is 30.6 Å². The second kappa shape index (κ2) is 8.35. The van der Waals surface area contributed by atoms with Crippen molar-refractivity contribution in [1.82, 2.24) is 15.6 Å². The van der Waals surface area contributed by atoms with Crippen molar-refractivity contribution in [1.29, 1.82) is 0 Å². The number of rotatable bonds is 7. The average Bonchev–Trinajstić information content (AvgIpc) is 2.50. The maximum atomic E-state index is 12.0. The van der Waals surface area contributed by atoms with Gasteiger partial charge in [0, 0.05) is 18.8 Å². The molecule has 2 amide bonds. The summed E-state index contributed by atoms with van der Waals surface area (Å²) in [5.41, 5.74) is 0.111. The Balaban J connectivity index is 2.55. The van der Waals surface area contributed by atoms with E-state index in [2.05, 4.69) is 20.4 Å². The summed E-state index contributed by atoms with van der Waals surface area (Å²) in [5.74, 6) is -1.12. The minimum absolute atomic E-state index is 0.111. The molecular weight excluding hydrogens is 315 g/mol. The molecule has 128 valence electrons. The Hall–Kier alpha value is -2.32. The highest BCUT2D eigenvalue weighted by atomic mass is 19.4. The molecule has 2 N–H and O–H groups in total. The second-order valence-electron chi connectivity index (χ2n) is 4.78. The lowest BCUT2D eigenvalue weighted by Crippen LogP contribution is -2.45. The number of alkyl halides is 3. The third-order valence-corrected chi connectivity index (χ3v) is 2.67. The fraction of sp³-hybridized carbons (Fsp3) is 0.500. The van der Waals surface area contributed by atoms with Crippen LogP contribution in [0.4, 0.5) is 13.2 Å². The van der Waals surface area contributed by atoms with Crippen LogP contribution in [0.2, 0.25) is 0 Å². The summed E-state index contributed by atoms with van der Waals surface area (Å²) >= 11 is 0. The average molecular weight is 333 g/mol. The van der Waals surface area contributed by atoms with Crippen LogP contribution in [0.15, 0.2) is 18.3 Å². The number of pyridine rings is 1. The topological polar surface area (TPSA) is 80.3 Å². The van der Waals surface area contributed by atoms with E-state index in [4.69, 9.17) is 0 Å². The summed E-state index contributed by atoms with van der Waals surface area (Å²) in [6.07, 6.45) is -2.60. The zero-order valence-corrected chi connectivity index (χ0v) is 12.7. The molecule has 0 aliphatic carbocycles. The van der Waals surface area contributed by atoms with E-state index in [1.54, 1.807) is 0 Å². The highest BCUT2D eigenvalue weighted by molar-refractivity contribution is 5.97. The van der Waals surface area contributed by atoms with Gasteiger partial charge in [-0.3, -0.25) is 9.59 Å². The van der Waals surface area contributed by atoms with Gasteiger partial charge in [0.25, 0.3) is 5.91 Å². The van der Waals surface area contributed by atoms with Crippen LogP contribution in [0.25, 0.3) is 0 Å². The number of halogens is 3. The quantitative estimate of drug-likeness (QED) is 0.795. The molecule has 0 radical (unpaired) electrons. The number of nitrogens with one attached hydrogen (secondary N) is 2. The van der Waals surface area contributed by atoms with Crippen molar-refractivity contribution in [3.05, 3.63) is 23.9 Å². The van der Waals surface area contributed by atoms with Crippen LogP contribution >= 0.6 is 0 Å². The lowest BCUT2D eigenvalue weighted by Gasteiger charge is -2.14. The molecule has 0 fully saturated rings. The molecule has 1 heterocycles. The third kappa shape index (κ3) is 6.98. The largest absolute Gasteiger partial charge is 0.468 e. The number of carbonyl (C=O) groups excluding carboxylic acids is 2. The number of amides is 2. The van der Waals surface area contributed by atoms with E-state index in [1.165, 1.54) is 13.0 Å². The number of nitrogens with zero attached hydrogens (tertiary/aromatic N) is 1. The zero-order chi connectivity index (χ0) is 17.5. The first-order valence-corrected chi connectivity index (χ1v) is 6.97. The minimum Gasteiger partial charge on any atom is -0.468 e. The van der Waals surface area contributed by atoms with E-state index < -0.39 is 24.7 Å². The van der Waals surface area contributed by atoms with Gasteiger partial charge in [0.15, 0.2) is 6.61 Å². The van der Waals surface area contributed by atoms with Crippen LogP contribution in [0.3, 0.4) is 0 Å². The van der Waals surface area contributed by atoms with E-state index >= 15 is 0 Å². The van der Waals surface area contributed by atoms with Crippen molar-refractivity contribution in [3.8, 4) is 5.88 Å². The summed E-state index contributed by atoms with van der Waals surface area (Å²) in [7, 11) is 0. The predicted molar refractivity (Wildman–Crippen MR) is 76.0 cm³/mol. The monoisotopic (exact) mass is 333 g/mol. The minimum atomic E-state index is -4.46. The van der Waals surface area contributed by atoms with Gasteiger partial charge in [0.2, 0.25) is 11.8 Å². The molecule has 6 nitrogen and oxygen atoms in total. The Morgan fingerprint density at radius 1 is 1.35 bits per heavy atom. The van der Waals surface area contributed by atoms with Crippen LogP contribution in [-0.4, -0.2) is 42.2 Å². The molecule has 23 heavy (non-hydrogen) atoms. The summed E-state index contributed by atoms with van der Waals surface area (Å²) in [6, 6.07) is 1.68. The number of hydrogen-bond acceptors (Lipinski definition) is 4. The molecule has 0 saturated heterocycles. The van der Waals surface area contributed by atoms with Crippen LogP contribution in [0.5, 0.6) is 5.88 Å². The number of aromatic nitrogens is 1. The normalized spacial score (nSPS) is 12.4. The van der Waals surface area contributed by atoms with Crippen LogP contribution in [0, 0.1) is 0 Å². The molecule has 0 aliphatic rings. The number of hydrogen-bond donors (Lipinski definition) is 2. The molecule has 0 saturated carbocycles. The van der Waals surface area contributed by atoms with Crippen LogP contribution < -0.4 is 15.4 Å². The van der Waals surface area contributed by atoms with E-state index in [1.807, 2.05) is 6.92 Å². The standard InChI is InChI=1S/C14H18F3N3O3/c1-3-6-18-12(21)9(2)20-13(22)10-4-5-11(19-7-10)23-8-14(15,16)17/h4-5,7,9H,3,6,8H2,1-2H3,(H,18,21)(H,20,22). The van der Waals surface area contributed by atoms with Crippen molar-refractivity contribution in [3.63, 3.8) is 0 Å². The Morgan fingerprint density at radius 3 is 2.57 bits per heavy atom. The molecule has 0 aliphatic heterocycles. The molecule has 1 unspecified atom stereocenters. The van der Waals surface area contributed by atoms with Crippen molar-refractivity contribution in [2.75, 3.05) is 13.2 Å². The van der Waals surface area contributed by atoms with Crippen molar-refractivity contribution in [2.24, 2.45) is 0 Å². The van der Waals surface area contributed by atoms with Gasteiger partial charge in [-0.25, -0.2) is 4.98 Å². The summed E-state index contributed by atoms with van der Waals surface area (Å²) in [5, 5.41) is 5.10. The number of carbonyl (C=O) groups is 2. The van der Waals surface area contributed by atoms with Gasteiger partial charge in [-0.05, 0) is 19.4 Å². The second-order valence-corrected chi connectivity index (χ2v) is 4.78. The molecule has 1 aromatic rings. The van der Waals surface area contributed by atoms with Gasteiger partial charge < -0.3 is 15.4 Å². The van der Waals surface area contributed by atoms with E-state index in [0.717, 1.165) is 18.7 Å². The molecule has 1 aromatic heterocycles. The van der Waals surface area contributed by atoms with Gasteiger partial charge in [-0.15, -0.1) is 0 Å². The summed E-state index contributed by atoms with van der Waals surface area (Å²) < 4.78 is 40.4. The highest BCUT2D eigenvalue weighted by Crippen LogP contribution is 2.17. The van der Waals surface area contributed by atoms with Gasteiger partial charge in [-0.1, -0.05) is 6.92 Å². The first-order chi connectivity index (χ1) is 10.7. The molecular formula is C14H18F3N3O3. The lowest BCUT2D eigenvalue weighted by molar-refractivity contribution is -0.154. The first-order valence-electron chi connectivity index (χ1n) is 6.97. The molecule has 0 aromatic carbocycles. The molecule has 0 spiro atoms. The van der Waals surface area contributed by atoms with Crippen molar-refractivity contribution >= 4 is 11.8 Å². The van der Waals surface area contributed by atoms with Crippen molar-refractivity contribution in [2.45, 2.75) is 32.5 Å². The fourth-order valence-electron chi connectivity index (χ4n) is 1.50. The van der Waals surface area contributed by atoms with Gasteiger partial charge in [0.1, 0.15) is 6.04 Å². The van der Waals surface area contributed by atoms with Gasteiger partial charge in [0.05, 0.1) is 5.56 Å². The Bertz CT molecular complexity index is 532. The molecule has 1 atom stereocenters. The van der Waals surface area contributed by atoms with Gasteiger partial charge in [-0.2, -0.15) is 13.2 Å². The summed E-state index contributed by atoms with van der Waals surface area (Å²) in [6.45, 7) is 2.47. The number of ether oxygens (including phenoxy) is 1. The molecule has 9 heteroatoms. The lowest BCUT2D eigenvalue weighted by atomic mass is 10.2. The molecule has 0 bridgehead atoms. The first kappa shape index (κ1) is 18.7. The van der Waals surface area contributed by atoms with Crippen molar-refractivity contribution < 1.29 is 27.5 Å². The third-order valence-electron chi connectivity index (χ3n) is 2.67. The Labute approximate surface area is 131 Å². The maximum absolute atomic E-state index is 12.0. The fourth-order valence-corrected chi connectivity index (χ4v) is 1.50. The SMILES string of the molecule is CCCNC(=O)C(C)NC(=O)c1ccc(OCC(F)(F)F)nc1. The Kier molecular flexibility index (Phi) is 6.80. The van der Waals surface area contributed by atoms with E-state index in [-0.39, 0.29) is 17.4 Å². The predicted octanol–water partition coefficient (Wildman–Crippen LogP) is 1.67. The van der Waals surface area contributed by atoms with E-state index in [0.29, 0.717) is 6.54 Å². The highest BCUT2D eigenvalue weighted by Gasteiger charge is 2.28.